The maximum atomic E-state index is 12.2. The molecule has 2 N–H and O–H groups in total. The number of fused-ring (bicyclic) bond motifs is 1. The predicted molar refractivity (Wildman–Crippen MR) is 101 cm³/mol. The van der Waals surface area contributed by atoms with E-state index in [4.69, 9.17) is 0 Å². The van der Waals surface area contributed by atoms with Gasteiger partial charge in [0.2, 0.25) is 10.0 Å². The smallest absolute Gasteiger partial charge is 0.233 e. The maximum Gasteiger partial charge on any atom is 0.233 e. The quantitative estimate of drug-likeness (QED) is 0.865. The molecule has 0 radical (unpaired) electrons. The van der Waals surface area contributed by atoms with Gasteiger partial charge in [0.15, 0.2) is 0 Å². The van der Waals surface area contributed by atoms with Crippen LogP contribution < -0.4 is 4.72 Å². The Labute approximate surface area is 149 Å². The second-order valence-electron chi connectivity index (χ2n) is 6.75. The number of aliphatic hydroxyl groups is 1. The molecule has 132 valence electrons. The largest absolute Gasteiger partial charge is 0.388 e. The number of rotatable bonds is 5. The molecule has 0 aliphatic heterocycles. The standard InChI is InChI=1S/C20H23NO3S/c1-16-6-8-17(9-7-16)11-13-25(23,24)21-15-20(22)12-10-18-4-2-3-5-19(18)14-20/h2-9,11,13,21-22H,10,12,14-15H2,1H3/b13-11+. The molecule has 1 unspecified atom stereocenters. The molecular weight excluding hydrogens is 334 g/mol. The first-order valence-electron chi connectivity index (χ1n) is 8.39. The zero-order valence-electron chi connectivity index (χ0n) is 14.3. The van der Waals surface area contributed by atoms with Gasteiger partial charge < -0.3 is 5.11 Å². The van der Waals surface area contributed by atoms with E-state index < -0.39 is 15.6 Å². The van der Waals surface area contributed by atoms with Crippen LogP contribution in [0.1, 0.15) is 28.7 Å². The summed E-state index contributed by atoms with van der Waals surface area (Å²) < 4.78 is 26.9. The van der Waals surface area contributed by atoms with E-state index in [2.05, 4.69) is 10.8 Å². The first-order chi connectivity index (χ1) is 11.9. The summed E-state index contributed by atoms with van der Waals surface area (Å²) in [7, 11) is -3.60. The normalized spacial score (nSPS) is 20.6. The second kappa shape index (κ2) is 7.12. The van der Waals surface area contributed by atoms with Gasteiger partial charge in [-0.2, -0.15) is 0 Å². The molecule has 1 aliphatic rings. The highest BCUT2D eigenvalue weighted by Gasteiger charge is 2.32. The lowest BCUT2D eigenvalue weighted by atomic mass is 9.80. The predicted octanol–water partition coefficient (Wildman–Crippen LogP) is 2.81. The molecule has 0 saturated heterocycles. The number of nitrogens with one attached hydrogen (secondary N) is 1. The van der Waals surface area contributed by atoms with E-state index in [9.17, 15) is 13.5 Å². The minimum absolute atomic E-state index is 0.0158. The fourth-order valence-corrected chi connectivity index (χ4v) is 3.97. The third-order valence-electron chi connectivity index (χ3n) is 4.62. The van der Waals surface area contributed by atoms with Crippen LogP contribution in [0.25, 0.3) is 6.08 Å². The van der Waals surface area contributed by atoms with Gasteiger partial charge in [-0.3, -0.25) is 0 Å². The number of hydrogen-bond acceptors (Lipinski definition) is 3. The van der Waals surface area contributed by atoms with Gasteiger partial charge in [-0.25, -0.2) is 13.1 Å². The van der Waals surface area contributed by atoms with Crippen molar-refractivity contribution in [3.63, 3.8) is 0 Å². The van der Waals surface area contributed by atoms with Gasteiger partial charge >= 0.3 is 0 Å². The Hall–Kier alpha value is -1.95. The first kappa shape index (κ1) is 17.9. The van der Waals surface area contributed by atoms with Crippen molar-refractivity contribution in [1.82, 2.24) is 4.72 Å². The Morgan fingerprint density at radius 2 is 1.80 bits per heavy atom. The molecule has 1 atom stereocenters. The van der Waals surface area contributed by atoms with Crippen LogP contribution in [-0.4, -0.2) is 25.7 Å². The van der Waals surface area contributed by atoms with E-state index in [0.717, 1.165) is 28.5 Å². The Kier molecular flexibility index (Phi) is 5.08. The van der Waals surface area contributed by atoms with Crippen molar-refractivity contribution in [2.75, 3.05) is 6.54 Å². The van der Waals surface area contributed by atoms with Crippen LogP contribution in [0.5, 0.6) is 0 Å². The number of aryl methyl sites for hydroxylation is 2. The fraction of sp³-hybridized carbons (Fsp3) is 0.300. The van der Waals surface area contributed by atoms with Gasteiger partial charge in [0, 0.05) is 18.4 Å². The van der Waals surface area contributed by atoms with E-state index in [-0.39, 0.29) is 6.54 Å². The number of benzene rings is 2. The van der Waals surface area contributed by atoms with Crippen molar-refractivity contribution in [2.45, 2.75) is 31.8 Å². The van der Waals surface area contributed by atoms with Crippen LogP contribution in [0.4, 0.5) is 0 Å². The summed E-state index contributed by atoms with van der Waals surface area (Å²) in [5, 5.41) is 11.9. The van der Waals surface area contributed by atoms with Crippen molar-refractivity contribution in [3.05, 3.63) is 76.2 Å². The third kappa shape index (κ3) is 4.78. The molecule has 0 saturated carbocycles. The minimum atomic E-state index is -3.60. The van der Waals surface area contributed by atoms with E-state index in [1.165, 1.54) is 5.56 Å². The van der Waals surface area contributed by atoms with Crippen LogP contribution in [-0.2, 0) is 22.9 Å². The molecular formula is C20H23NO3S. The summed E-state index contributed by atoms with van der Waals surface area (Å²) in [5.74, 6) is 0. The number of sulfonamides is 1. The molecule has 4 nitrogen and oxygen atoms in total. The maximum absolute atomic E-state index is 12.2. The molecule has 25 heavy (non-hydrogen) atoms. The molecule has 1 aliphatic carbocycles. The summed E-state index contributed by atoms with van der Waals surface area (Å²) in [6.07, 6.45) is 3.33. The lowest BCUT2D eigenvalue weighted by Gasteiger charge is -2.33. The Morgan fingerprint density at radius 1 is 1.12 bits per heavy atom. The Balaban J connectivity index is 1.63. The Bertz CT molecular complexity index is 872. The molecule has 0 bridgehead atoms. The first-order valence-corrected chi connectivity index (χ1v) is 9.94. The van der Waals surface area contributed by atoms with Crippen molar-refractivity contribution < 1.29 is 13.5 Å². The van der Waals surface area contributed by atoms with Crippen LogP contribution in [0, 0.1) is 6.92 Å². The van der Waals surface area contributed by atoms with E-state index in [1.54, 1.807) is 6.08 Å². The lowest BCUT2D eigenvalue weighted by molar-refractivity contribution is 0.0318. The van der Waals surface area contributed by atoms with E-state index in [1.807, 2.05) is 49.4 Å². The SMILES string of the molecule is Cc1ccc(/C=C/S(=O)(=O)NCC2(O)CCc3ccccc3C2)cc1. The summed E-state index contributed by atoms with van der Waals surface area (Å²) in [6.45, 7) is 2.00. The van der Waals surface area contributed by atoms with E-state index in [0.29, 0.717) is 12.8 Å². The molecule has 0 heterocycles. The Morgan fingerprint density at radius 3 is 2.52 bits per heavy atom. The summed E-state index contributed by atoms with van der Waals surface area (Å²) in [4.78, 5) is 0. The highest BCUT2D eigenvalue weighted by molar-refractivity contribution is 7.92. The number of hydrogen-bond donors (Lipinski definition) is 2. The van der Waals surface area contributed by atoms with Crippen LogP contribution >= 0.6 is 0 Å². The van der Waals surface area contributed by atoms with Crippen LogP contribution in [0.3, 0.4) is 0 Å². The highest BCUT2D eigenvalue weighted by Crippen LogP contribution is 2.28. The molecule has 5 heteroatoms. The highest BCUT2D eigenvalue weighted by atomic mass is 32.2. The molecule has 3 rings (SSSR count). The van der Waals surface area contributed by atoms with Gasteiger partial charge in [-0.15, -0.1) is 0 Å². The average molecular weight is 357 g/mol. The van der Waals surface area contributed by atoms with Gasteiger partial charge in [0.1, 0.15) is 0 Å². The average Bonchev–Trinajstić information content (AvgIpc) is 2.60. The van der Waals surface area contributed by atoms with Gasteiger partial charge in [-0.1, -0.05) is 54.1 Å². The molecule has 0 spiro atoms. The molecule has 2 aromatic rings. The van der Waals surface area contributed by atoms with Crippen LogP contribution in [0.2, 0.25) is 0 Å². The summed E-state index contributed by atoms with van der Waals surface area (Å²) in [6, 6.07) is 15.6. The molecule has 2 aromatic carbocycles. The van der Waals surface area contributed by atoms with Crippen LogP contribution in [0.15, 0.2) is 53.9 Å². The summed E-state index contributed by atoms with van der Waals surface area (Å²) >= 11 is 0. The topological polar surface area (TPSA) is 66.4 Å². The molecule has 0 aromatic heterocycles. The van der Waals surface area contributed by atoms with Gasteiger partial charge in [0.25, 0.3) is 0 Å². The zero-order valence-corrected chi connectivity index (χ0v) is 15.1. The fourth-order valence-electron chi connectivity index (χ4n) is 3.06. The summed E-state index contributed by atoms with van der Waals surface area (Å²) in [5.41, 5.74) is 3.22. The van der Waals surface area contributed by atoms with Crippen molar-refractivity contribution in [2.24, 2.45) is 0 Å². The van der Waals surface area contributed by atoms with Crippen molar-refractivity contribution in [1.29, 1.82) is 0 Å². The second-order valence-corrected chi connectivity index (χ2v) is 8.40. The minimum Gasteiger partial charge on any atom is -0.388 e. The third-order valence-corrected chi connectivity index (χ3v) is 5.66. The van der Waals surface area contributed by atoms with Crippen molar-refractivity contribution >= 4 is 16.1 Å². The van der Waals surface area contributed by atoms with Gasteiger partial charge in [-0.05, 0) is 42.5 Å². The van der Waals surface area contributed by atoms with Gasteiger partial charge in [0.05, 0.1) is 5.60 Å². The lowest BCUT2D eigenvalue weighted by Crippen LogP contribution is -2.46. The van der Waals surface area contributed by atoms with Crippen molar-refractivity contribution in [3.8, 4) is 0 Å². The molecule has 0 amide bonds. The monoisotopic (exact) mass is 357 g/mol. The molecule has 0 fully saturated rings. The van der Waals surface area contributed by atoms with E-state index >= 15 is 0 Å². The zero-order chi connectivity index (χ0) is 17.9.